The highest BCUT2D eigenvalue weighted by molar-refractivity contribution is 5.01. The third-order valence-electron chi connectivity index (χ3n) is 4.46. The Morgan fingerprint density at radius 3 is 3.26 bits per heavy atom. The Morgan fingerprint density at radius 2 is 2.47 bits per heavy atom. The van der Waals surface area contributed by atoms with Gasteiger partial charge < -0.3 is 13.9 Å². The Kier molecular flexibility index (Phi) is 3.91. The number of nitrogens with zero attached hydrogens (tertiary/aromatic N) is 1. The minimum Gasteiger partial charge on any atom is -0.468 e. The van der Waals surface area contributed by atoms with Gasteiger partial charge in [-0.2, -0.15) is 0 Å². The molecule has 0 N–H and O–H groups in total. The van der Waals surface area contributed by atoms with Gasteiger partial charge in [-0.25, -0.2) is 0 Å². The number of hydrogen-bond acceptors (Lipinski definition) is 4. The zero-order chi connectivity index (χ0) is 13.1. The summed E-state index contributed by atoms with van der Waals surface area (Å²) in [6, 6.07) is 4.00. The fourth-order valence-corrected chi connectivity index (χ4v) is 3.64. The summed E-state index contributed by atoms with van der Waals surface area (Å²) in [6.07, 6.45) is 5.57. The van der Waals surface area contributed by atoms with E-state index in [1.807, 2.05) is 12.1 Å². The molecule has 2 saturated heterocycles. The van der Waals surface area contributed by atoms with Crippen molar-refractivity contribution in [1.29, 1.82) is 0 Å². The maximum Gasteiger partial charge on any atom is 0.117 e. The van der Waals surface area contributed by atoms with Crippen LogP contribution in [0.1, 0.15) is 25.0 Å². The summed E-state index contributed by atoms with van der Waals surface area (Å²) in [4.78, 5) is 2.48. The predicted molar refractivity (Wildman–Crippen MR) is 71.9 cm³/mol. The van der Waals surface area contributed by atoms with Gasteiger partial charge in [0.2, 0.25) is 0 Å². The van der Waals surface area contributed by atoms with Crippen molar-refractivity contribution in [3.63, 3.8) is 0 Å². The standard InChI is InChI=1S/C15H23NO3/c1-17-12-15-6-3-9-19-14(15)5-7-16(11-15)10-13-4-2-8-18-13/h2,4,8,14H,3,5-7,9-12H2,1H3/t14-,15-/m0/s1. The van der Waals surface area contributed by atoms with Crippen molar-refractivity contribution >= 4 is 0 Å². The van der Waals surface area contributed by atoms with Crippen LogP contribution < -0.4 is 0 Å². The van der Waals surface area contributed by atoms with Crippen LogP contribution in [0, 0.1) is 5.41 Å². The van der Waals surface area contributed by atoms with Crippen LogP contribution in [-0.4, -0.2) is 44.4 Å². The van der Waals surface area contributed by atoms with Crippen LogP contribution in [0.3, 0.4) is 0 Å². The van der Waals surface area contributed by atoms with Crippen molar-refractivity contribution in [2.24, 2.45) is 5.41 Å². The second-order valence-corrected chi connectivity index (χ2v) is 5.84. The van der Waals surface area contributed by atoms with E-state index in [1.165, 1.54) is 6.42 Å². The van der Waals surface area contributed by atoms with E-state index in [0.717, 1.165) is 51.4 Å². The molecular formula is C15H23NO3. The summed E-state index contributed by atoms with van der Waals surface area (Å²) in [6.45, 7) is 4.73. The fraction of sp³-hybridized carbons (Fsp3) is 0.733. The van der Waals surface area contributed by atoms with Gasteiger partial charge >= 0.3 is 0 Å². The Labute approximate surface area is 114 Å². The molecule has 0 bridgehead atoms. The van der Waals surface area contributed by atoms with Gasteiger partial charge in [0.1, 0.15) is 5.76 Å². The molecule has 0 spiro atoms. The van der Waals surface area contributed by atoms with Crippen molar-refractivity contribution in [3.05, 3.63) is 24.2 Å². The van der Waals surface area contributed by atoms with Gasteiger partial charge in [-0.05, 0) is 31.4 Å². The average Bonchev–Trinajstić information content (AvgIpc) is 2.91. The molecule has 0 unspecified atom stereocenters. The summed E-state index contributed by atoms with van der Waals surface area (Å²) >= 11 is 0. The first-order valence-corrected chi connectivity index (χ1v) is 7.18. The quantitative estimate of drug-likeness (QED) is 0.836. The monoisotopic (exact) mass is 265 g/mol. The van der Waals surface area contributed by atoms with Crippen LogP contribution >= 0.6 is 0 Å². The van der Waals surface area contributed by atoms with E-state index in [1.54, 1.807) is 13.4 Å². The van der Waals surface area contributed by atoms with E-state index in [2.05, 4.69) is 4.90 Å². The number of likely N-dealkylation sites (tertiary alicyclic amines) is 1. The normalized spacial score (nSPS) is 32.2. The highest BCUT2D eigenvalue weighted by Gasteiger charge is 2.45. The van der Waals surface area contributed by atoms with E-state index in [9.17, 15) is 0 Å². The SMILES string of the molecule is COC[C@@]12CCCO[C@H]1CCN(Cc1ccco1)C2. The van der Waals surface area contributed by atoms with E-state index in [-0.39, 0.29) is 5.41 Å². The lowest BCUT2D eigenvalue weighted by atomic mass is 9.73. The lowest BCUT2D eigenvalue weighted by Gasteiger charge is -2.50. The van der Waals surface area contributed by atoms with Crippen molar-refractivity contribution in [3.8, 4) is 0 Å². The largest absolute Gasteiger partial charge is 0.468 e. The zero-order valence-corrected chi connectivity index (χ0v) is 11.6. The average molecular weight is 265 g/mol. The molecule has 2 atom stereocenters. The smallest absolute Gasteiger partial charge is 0.117 e. The number of ether oxygens (including phenoxy) is 2. The third-order valence-corrected chi connectivity index (χ3v) is 4.46. The van der Waals surface area contributed by atoms with Crippen LogP contribution in [0.4, 0.5) is 0 Å². The van der Waals surface area contributed by atoms with Crippen LogP contribution in [0.5, 0.6) is 0 Å². The molecule has 19 heavy (non-hydrogen) atoms. The zero-order valence-electron chi connectivity index (χ0n) is 11.6. The van der Waals surface area contributed by atoms with Crippen molar-refractivity contribution in [1.82, 2.24) is 4.90 Å². The number of hydrogen-bond donors (Lipinski definition) is 0. The number of methoxy groups -OCH3 is 1. The van der Waals surface area contributed by atoms with Gasteiger partial charge in [0.05, 0.1) is 25.5 Å². The Bertz CT molecular complexity index is 388. The van der Waals surface area contributed by atoms with Crippen molar-refractivity contribution in [2.75, 3.05) is 33.4 Å². The summed E-state index contributed by atoms with van der Waals surface area (Å²) in [5.41, 5.74) is 0.178. The summed E-state index contributed by atoms with van der Waals surface area (Å²) in [7, 11) is 1.80. The van der Waals surface area contributed by atoms with Crippen LogP contribution in [0.15, 0.2) is 22.8 Å². The minimum atomic E-state index is 0.178. The highest BCUT2D eigenvalue weighted by Crippen LogP contribution is 2.40. The molecule has 0 aromatic carbocycles. The Morgan fingerprint density at radius 1 is 1.53 bits per heavy atom. The van der Waals surface area contributed by atoms with Gasteiger partial charge in [-0.3, -0.25) is 4.90 Å². The summed E-state index contributed by atoms with van der Waals surface area (Å²) in [5.74, 6) is 1.04. The molecule has 4 heteroatoms. The van der Waals surface area contributed by atoms with Gasteiger partial charge in [-0.1, -0.05) is 0 Å². The van der Waals surface area contributed by atoms with E-state index in [0.29, 0.717) is 6.10 Å². The van der Waals surface area contributed by atoms with E-state index >= 15 is 0 Å². The topological polar surface area (TPSA) is 34.8 Å². The Hall–Kier alpha value is -0.840. The first-order chi connectivity index (χ1) is 9.32. The molecule has 106 valence electrons. The molecule has 2 aliphatic heterocycles. The van der Waals surface area contributed by atoms with Crippen LogP contribution in [0.2, 0.25) is 0 Å². The van der Waals surface area contributed by atoms with Crippen molar-refractivity contribution < 1.29 is 13.9 Å². The predicted octanol–water partition coefficient (Wildman–Crippen LogP) is 2.30. The van der Waals surface area contributed by atoms with Gasteiger partial charge in [-0.15, -0.1) is 0 Å². The van der Waals surface area contributed by atoms with Gasteiger partial charge in [0, 0.05) is 32.2 Å². The van der Waals surface area contributed by atoms with Gasteiger partial charge in [0.25, 0.3) is 0 Å². The molecular weight excluding hydrogens is 242 g/mol. The molecule has 0 aliphatic carbocycles. The molecule has 0 saturated carbocycles. The molecule has 1 aromatic heterocycles. The number of piperidine rings is 1. The molecule has 1 aromatic rings. The van der Waals surface area contributed by atoms with Gasteiger partial charge in [0.15, 0.2) is 0 Å². The first kappa shape index (κ1) is 13.2. The lowest BCUT2D eigenvalue weighted by molar-refractivity contribution is -0.149. The molecule has 0 amide bonds. The number of furan rings is 1. The molecule has 2 fully saturated rings. The molecule has 3 rings (SSSR count). The lowest BCUT2D eigenvalue weighted by Crippen LogP contribution is -2.56. The second-order valence-electron chi connectivity index (χ2n) is 5.84. The van der Waals surface area contributed by atoms with E-state index in [4.69, 9.17) is 13.9 Å². The maximum absolute atomic E-state index is 5.99. The second kappa shape index (κ2) is 5.65. The number of rotatable bonds is 4. The molecule has 4 nitrogen and oxygen atoms in total. The van der Waals surface area contributed by atoms with Crippen molar-refractivity contribution in [2.45, 2.75) is 31.9 Å². The molecule has 0 radical (unpaired) electrons. The highest BCUT2D eigenvalue weighted by atomic mass is 16.5. The van der Waals surface area contributed by atoms with Crippen LogP contribution in [-0.2, 0) is 16.0 Å². The fourth-order valence-electron chi connectivity index (χ4n) is 3.64. The third kappa shape index (κ3) is 2.71. The summed E-state index contributed by atoms with van der Waals surface area (Å²) < 4.78 is 16.9. The van der Waals surface area contributed by atoms with Crippen LogP contribution in [0.25, 0.3) is 0 Å². The maximum atomic E-state index is 5.99. The molecule has 3 heterocycles. The minimum absolute atomic E-state index is 0.178. The summed E-state index contributed by atoms with van der Waals surface area (Å²) in [5, 5.41) is 0. The first-order valence-electron chi connectivity index (χ1n) is 7.18. The Balaban J connectivity index is 1.69. The molecule has 2 aliphatic rings. The number of fused-ring (bicyclic) bond motifs is 1. The van der Waals surface area contributed by atoms with E-state index < -0.39 is 0 Å².